The van der Waals surface area contributed by atoms with E-state index >= 15 is 0 Å². The molecule has 2 N–H and O–H groups in total. The van der Waals surface area contributed by atoms with Gasteiger partial charge in [-0.25, -0.2) is 0 Å². The lowest BCUT2D eigenvalue weighted by Crippen LogP contribution is -2.37. The summed E-state index contributed by atoms with van der Waals surface area (Å²) >= 11 is 0. The second-order valence-corrected chi connectivity index (χ2v) is 6.84. The van der Waals surface area contributed by atoms with E-state index in [1.807, 2.05) is 11.7 Å². The highest BCUT2D eigenvalue weighted by atomic mass is 127. The van der Waals surface area contributed by atoms with Gasteiger partial charge in [0.15, 0.2) is 5.96 Å². The Labute approximate surface area is 182 Å². The minimum atomic E-state index is 0. The molecule has 1 heterocycles. The number of aryl methyl sites for hydroxylation is 1. The number of ether oxygens (including phenoxy) is 1. The Morgan fingerprint density at radius 1 is 1.07 bits per heavy atom. The highest BCUT2D eigenvalue weighted by molar-refractivity contribution is 14.0. The van der Waals surface area contributed by atoms with E-state index in [0.717, 1.165) is 31.3 Å². The lowest BCUT2D eigenvalue weighted by atomic mass is 10.1. The van der Waals surface area contributed by atoms with E-state index in [4.69, 9.17) is 4.74 Å². The third-order valence-electron chi connectivity index (χ3n) is 4.77. The molecule has 0 aliphatic carbocycles. The zero-order valence-corrected chi connectivity index (χ0v) is 20.3. The van der Waals surface area contributed by atoms with E-state index in [9.17, 15) is 0 Å². The smallest absolute Gasteiger partial charge is 0.191 e. The van der Waals surface area contributed by atoms with Gasteiger partial charge in [-0.05, 0) is 20.3 Å². The first-order valence-corrected chi connectivity index (χ1v) is 10.1. The molecule has 1 aromatic heterocycles. The van der Waals surface area contributed by atoms with Crippen LogP contribution in [0.4, 0.5) is 0 Å². The number of unbranched alkanes of at least 4 members (excludes halogenated alkanes) is 6. The Balaban J connectivity index is 0.00000676. The molecule has 6 nitrogen and oxygen atoms in total. The van der Waals surface area contributed by atoms with Crippen LogP contribution in [0, 0.1) is 13.8 Å². The Morgan fingerprint density at radius 2 is 1.74 bits per heavy atom. The fourth-order valence-corrected chi connectivity index (χ4v) is 3.07. The van der Waals surface area contributed by atoms with Gasteiger partial charge in [0.2, 0.25) is 0 Å². The topological polar surface area (TPSA) is 63.5 Å². The maximum atomic E-state index is 5.15. The Morgan fingerprint density at radius 3 is 2.37 bits per heavy atom. The molecule has 0 unspecified atom stereocenters. The molecule has 158 valence electrons. The number of guanidine groups is 1. The molecule has 0 aliphatic rings. The van der Waals surface area contributed by atoms with Gasteiger partial charge >= 0.3 is 0 Å². The van der Waals surface area contributed by atoms with Gasteiger partial charge in [0.05, 0.1) is 18.8 Å². The molecule has 0 aliphatic heterocycles. The molecule has 0 aromatic carbocycles. The van der Waals surface area contributed by atoms with Crippen LogP contribution >= 0.6 is 24.0 Å². The van der Waals surface area contributed by atoms with Crippen LogP contribution < -0.4 is 10.6 Å². The second-order valence-electron chi connectivity index (χ2n) is 6.84. The summed E-state index contributed by atoms with van der Waals surface area (Å²) in [4.78, 5) is 4.32. The number of aromatic nitrogens is 2. The standard InChI is InChI=1S/C20H39N5O.HI/c1-6-7-8-9-10-11-12-13-22-20(21-4)23-16-19-17(2)24-25(18(19)3)14-15-26-5;/h6-16H2,1-5H3,(H2,21,22,23);1H. The summed E-state index contributed by atoms with van der Waals surface area (Å²) in [5.74, 6) is 0.861. The van der Waals surface area contributed by atoms with Crippen molar-refractivity contribution in [2.24, 2.45) is 4.99 Å². The summed E-state index contributed by atoms with van der Waals surface area (Å²) in [6, 6.07) is 0. The normalized spacial score (nSPS) is 11.4. The van der Waals surface area contributed by atoms with Crippen molar-refractivity contribution in [3.8, 4) is 0 Å². The third kappa shape index (κ3) is 10.3. The average Bonchev–Trinajstić information content (AvgIpc) is 2.91. The van der Waals surface area contributed by atoms with Crippen molar-refractivity contribution in [2.45, 2.75) is 78.8 Å². The van der Waals surface area contributed by atoms with Crippen LogP contribution in [0.25, 0.3) is 0 Å². The maximum absolute atomic E-state index is 5.15. The molecule has 27 heavy (non-hydrogen) atoms. The van der Waals surface area contributed by atoms with Gasteiger partial charge in [-0.2, -0.15) is 5.10 Å². The first kappa shape index (κ1) is 26.2. The fourth-order valence-electron chi connectivity index (χ4n) is 3.07. The summed E-state index contributed by atoms with van der Waals surface area (Å²) < 4.78 is 7.17. The van der Waals surface area contributed by atoms with Crippen LogP contribution in [-0.2, 0) is 17.8 Å². The number of halogens is 1. The number of aliphatic imine (C=N–C) groups is 1. The Hall–Kier alpha value is -0.830. The van der Waals surface area contributed by atoms with Gasteiger partial charge in [-0.15, -0.1) is 24.0 Å². The number of hydrogen-bond acceptors (Lipinski definition) is 3. The van der Waals surface area contributed by atoms with Crippen LogP contribution in [0.1, 0.15) is 68.8 Å². The minimum Gasteiger partial charge on any atom is -0.383 e. The van der Waals surface area contributed by atoms with Crippen molar-refractivity contribution >= 4 is 29.9 Å². The monoisotopic (exact) mass is 493 g/mol. The van der Waals surface area contributed by atoms with Crippen molar-refractivity contribution < 1.29 is 4.74 Å². The summed E-state index contributed by atoms with van der Waals surface area (Å²) in [5, 5.41) is 11.4. The molecule has 1 rings (SSSR count). The Bertz CT molecular complexity index is 531. The largest absolute Gasteiger partial charge is 0.383 e. The highest BCUT2D eigenvalue weighted by Gasteiger charge is 2.11. The van der Waals surface area contributed by atoms with E-state index < -0.39 is 0 Å². The first-order chi connectivity index (χ1) is 12.6. The maximum Gasteiger partial charge on any atom is 0.191 e. The minimum absolute atomic E-state index is 0. The van der Waals surface area contributed by atoms with E-state index in [2.05, 4.69) is 41.5 Å². The van der Waals surface area contributed by atoms with Gasteiger partial charge in [-0.1, -0.05) is 45.4 Å². The van der Waals surface area contributed by atoms with E-state index in [0.29, 0.717) is 6.61 Å². The molecular weight excluding hydrogens is 453 g/mol. The molecule has 0 amide bonds. The molecule has 0 atom stereocenters. The van der Waals surface area contributed by atoms with Crippen LogP contribution in [0.3, 0.4) is 0 Å². The molecule has 0 spiro atoms. The zero-order valence-electron chi connectivity index (χ0n) is 17.9. The third-order valence-corrected chi connectivity index (χ3v) is 4.77. The van der Waals surface area contributed by atoms with Crippen molar-refractivity contribution in [3.05, 3.63) is 17.0 Å². The van der Waals surface area contributed by atoms with Crippen molar-refractivity contribution in [2.75, 3.05) is 27.3 Å². The van der Waals surface area contributed by atoms with E-state index in [1.54, 1.807) is 7.11 Å². The van der Waals surface area contributed by atoms with E-state index in [1.165, 1.54) is 56.2 Å². The molecule has 0 fully saturated rings. The van der Waals surface area contributed by atoms with Crippen LogP contribution in [0.15, 0.2) is 4.99 Å². The summed E-state index contributed by atoms with van der Waals surface area (Å²) in [7, 11) is 3.54. The summed E-state index contributed by atoms with van der Waals surface area (Å²) in [5.41, 5.74) is 3.49. The molecule has 0 saturated carbocycles. The van der Waals surface area contributed by atoms with Gasteiger partial charge in [0.25, 0.3) is 0 Å². The molecule has 0 saturated heterocycles. The van der Waals surface area contributed by atoms with Crippen LogP contribution in [-0.4, -0.2) is 43.0 Å². The summed E-state index contributed by atoms with van der Waals surface area (Å²) in [6.45, 7) is 9.60. The first-order valence-electron chi connectivity index (χ1n) is 10.1. The molecule has 0 radical (unpaired) electrons. The lowest BCUT2D eigenvalue weighted by Gasteiger charge is -2.12. The predicted octanol–water partition coefficient (Wildman–Crippen LogP) is 4.18. The fraction of sp³-hybridized carbons (Fsp3) is 0.800. The second kappa shape index (κ2) is 16.2. The van der Waals surface area contributed by atoms with Gasteiger partial charge in [-0.3, -0.25) is 9.67 Å². The SMILES string of the molecule is CCCCCCCCCNC(=NC)NCc1c(C)nn(CCOC)c1C.I. The number of methoxy groups -OCH3 is 1. The highest BCUT2D eigenvalue weighted by Crippen LogP contribution is 2.12. The van der Waals surface area contributed by atoms with Crippen molar-refractivity contribution in [3.63, 3.8) is 0 Å². The van der Waals surface area contributed by atoms with Gasteiger partial charge in [0.1, 0.15) is 0 Å². The summed E-state index contributed by atoms with van der Waals surface area (Å²) in [6.07, 6.45) is 9.25. The Kier molecular flexibility index (Phi) is 15.7. The van der Waals surface area contributed by atoms with Crippen molar-refractivity contribution in [1.29, 1.82) is 0 Å². The molecule has 1 aromatic rings. The molecular formula is C20H40IN5O. The number of nitrogens with zero attached hydrogens (tertiary/aromatic N) is 3. The van der Waals surface area contributed by atoms with Gasteiger partial charge < -0.3 is 15.4 Å². The predicted molar refractivity (Wildman–Crippen MR) is 125 cm³/mol. The van der Waals surface area contributed by atoms with Crippen molar-refractivity contribution in [1.82, 2.24) is 20.4 Å². The quantitative estimate of drug-likeness (QED) is 0.187. The molecule has 0 bridgehead atoms. The van der Waals surface area contributed by atoms with Crippen LogP contribution in [0.5, 0.6) is 0 Å². The lowest BCUT2D eigenvalue weighted by molar-refractivity contribution is 0.182. The van der Waals surface area contributed by atoms with E-state index in [-0.39, 0.29) is 24.0 Å². The van der Waals surface area contributed by atoms with Gasteiger partial charge in [0, 0.05) is 38.5 Å². The molecule has 7 heteroatoms. The zero-order chi connectivity index (χ0) is 19.2. The average molecular weight is 493 g/mol. The number of nitrogens with one attached hydrogen (secondary N) is 2. The van der Waals surface area contributed by atoms with Crippen LogP contribution in [0.2, 0.25) is 0 Å². The number of hydrogen-bond donors (Lipinski definition) is 2. The number of rotatable bonds is 13.